The number of benzene rings is 1. The number of hydrogen-bond donors (Lipinski definition) is 2. The van der Waals surface area contributed by atoms with Gasteiger partial charge in [-0.2, -0.15) is 5.10 Å². The summed E-state index contributed by atoms with van der Waals surface area (Å²) in [6.45, 7) is 2.88. The van der Waals surface area contributed by atoms with Gasteiger partial charge in [-0.25, -0.2) is 9.37 Å². The molecule has 1 saturated heterocycles. The van der Waals surface area contributed by atoms with Crippen LogP contribution in [0.25, 0.3) is 16.8 Å². The molecule has 5 rings (SSSR count). The van der Waals surface area contributed by atoms with E-state index in [1.807, 2.05) is 36.3 Å². The quantitative estimate of drug-likeness (QED) is 0.248. The summed E-state index contributed by atoms with van der Waals surface area (Å²) < 4.78 is 23.5. The van der Waals surface area contributed by atoms with E-state index in [2.05, 4.69) is 20.3 Å². The molecule has 4 aromatic rings. The number of hydrogen-bond acceptors (Lipinski definition) is 5. The zero-order chi connectivity index (χ0) is 26.6. The molecular weight excluding hydrogens is 487 g/mol. The molecule has 1 amide bonds. The number of ketones is 1. The lowest BCUT2D eigenvalue weighted by Crippen LogP contribution is -2.39. The van der Waals surface area contributed by atoms with Gasteiger partial charge in [-0.3, -0.25) is 18.9 Å². The van der Waals surface area contributed by atoms with Gasteiger partial charge in [-0.05, 0) is 60.8 Å². The molecule has 0 bridgehead atoms. The number of rotatable bonds is 10. The van der Waals surface area contributed by atoms with E-state index in [0.29, 0.717) is 36.1 Å². The van der Waals surface area contributed by atoms with Crippen molar-refractivity contribution in [2.45, 2.75) is 25.3 Å². The Morgan fingerprint density at radius 3 is 2.92 bits per heavy atom. The number of Topliss-reactive ketones (excluding diaryl/α,β-unsaturated/α-hetero) is 1. The molecule has 3 aromatic heterocycles. The summed E-state index contributed by atoms with van der Waals surface area (Å²) >= 11 is 0. The third-order valence-electron chi connectivity index (χ3n) is 7.09. The van der Waals surface area contributed by atoms with Crippen LogP contribution in [0.2, 0.25) is 0 Å². The van der Waals surface area contributed by atoms with Crippen LogP contribution in [0.5, 0.6) is 0 Å². The summed E-state index contributed by atoms with van der Waals surface area (Å²) in [6.07, 6.45) is 9.17. The van der Waals surface area contributed by atoms with Crippen LogP contribution >= 0.6 is 0 Å². The van der Waals surface area contributed by atoms with Gasteiger partial charge in [0.15, 0.2) is 12.8 Å². The van der Waals surface area contributed by atoms with Gasteiger partial charge in [0.05, 0.1) is 24.6 Å². The summed E-state index contributed by atoms with van der Waals surface area (Å²) in [5.41, 5.74) is 3.44. The number of pyridine rings is 1. The van der Waals surface area contributed by atoms with Crippen molar-refractivity contribution in [1.82, 2.24) is 24.7 Å². The smallest absolute Gasteiger partial charge is 0.251 e. The third-order valence-corrected chi connectivity index (χ3v) is 7.09. The lowest BCUT2D eigenvalue weighted by atomic mass is 10.0. The zero-order valence-electron chi connectivity index (χ0n) is 21.6. The first-order chi connectivity index (χ1) is 18.4. The lowest BCUT2D eigenvalue weighted by molar-refractivity contribution is -0.726. The van der Waals surface area contributed by atoms with E-state index in [4.69, 9.17) is 4.74 Å². The van der Waals surface area contributed by atoms with Crippen molar-refractivity contribution < 1.29 is 23.4 Å². The SMILES string of the molecule is COC[C@H]1CCCN1CCNC(=O)c1ccc(F)c(CC(=O)c2cnc3cc(-c4c[nH][n+](C)c4)ccn23)c1. The maximum atomic E-state index is 14.6. The first-order valence-corrected chi connectivity index (χ1v) is 12.8. The molecule has 10 heteroatoms. The zero-order valence-corrected chi connectivity index (χ0v) is 21.6. The average Bonchev–Trinajstić information content (AvgIpc) is 3.65. The van der Waals surface area contributed by atoms with Gasteiger partial charge in [0.2, 0.25) is 6.20 Å². The number of nitrogens with zero attached hydrogens (tertiary/aromatic N) is 4. The highest BCUT2D eigenvalue weighted by Gasteiger charge is 2.24. The second-order valence-corrected chi connectivity index (χ2v) is 9.71. The number of imidazole rings is 1. The maximum absolute atomic E-state index is 14.6. The number of nitrogens with one attached hydrogen (secondary N) is 2. The highest BCUT2D eigenvalue weighted by atomic mass is 19.1. The maximum Gasteiger partial charge on any atom is 0.251 e. The van der Waals surface area contributed by atoms with Crippen LogP contribution in [0.4, 0.5) is 4.39 Å². The van der Waals surface area contributed by atoms with Gasteiger partial charge in [0.25, 0.3) is 5.91 Å². The molecule has 0 saturated carbocycles. The highest BCUT2D eigenvalue weighted by molar-refractivity contribution is 5.98. The Morgan fingerprint density at radius 2 is 2.13 bits per heavy atom. The lowest BCUT2D eigenvalue weighted by Gasteiger charge is -2.23. The van der Waals surface area contributed by atoms with E-state index in [0.717, 1.165) is 37.1 Å². The number of carbonyl (C=O) groups is 2. The van der Waals surface area contributed by atoms with Gasteiger partial charge in [0.1, 0.15) is 17.2 Å². The topological polar surface area (TPSA) is 95.6 Å². The van der Waals surface area contributed by atoms with E-state index in [1.54, 1.807) is 17.7 Å². The van der Waals surface area contributed by atoms with E-state index >= 15 is 0 Å². The number of fused-ring (bicyclic) bond motifs is 1. The number of aryl methyl sites for hydroxylation is 1. The summed E-state index contributed by atoms with van der Waals surface area (Å²) in [6, 6.07) is 8.32. The van der Waals surface area contributed by atoms with Gasteiger partial charge >= 0.3 is 0 Å². The molecule has 2 N–H and O–H groups in total. The standard InChI is InChI=1S/C28H31FN6O3/c1-33-17-22(15-32-33)19-7-10-35-25(16-31-27(35)14-19)26(36)13-21-12-20(5-6-24(21)29)28(37)30-8-11-34-9-3-4-23(34)18-38-2/h5-7,10,12,14-17,23H,3-4,8-9,11,13,18H2,1-2H3,(H,30,37)/p+1/t23-/m1/s1. The molecule has 1 atom stereocenters. The fraction of sp³-hybridized carbons (Fsp3) is 0.357. The monoisotopic (exact) mass is 519 g/mol. The van der Waals surface area contributed by atoms with Crippen molar-refractivity contribution in [3.8, 4) is 11.1 Å². The number of ether oxygens (including phenoxy) is 1. The number of H-pyrrole nitrogens is 1. The van der Waals surface area contributed by atoms with E-state index < -0.39 is 5.82 Å². The molecule has 1 aromatic carbocycles. The number of halogens is 1. The van der Waals surface area contributed by atoms with Crippen LogP contribution < -0.4 is 10.00 Å². The van der Waals surface area contributed by atoms with Crippen molar-refractivity contribution in [1.29, 1.82) is 0 Å². The fourth-order valence-corrected chi connectivity index (χ4v) is 5.08. The minimum atomic E-state index is -0.522. The van der Waals surface area contributed by atoms with E-state index in [1.165, 1.54) is 24.4 Å². The summed E-state index contributed by atoms with van der Waals surface area (Å²) in [4.78, 5) is 32.6. The Balaban J connectivity index is 1.24. The number of methoxy groups -OCH3 is 1. The predicted molar refractivity (Wildman–Crippen MR) is 139 cm³/mol. The minimum Gasteiger partial charge on any atom is -0.383 e. The van der Waals surface area contributed by atoms with Crippen LogP contribution in [0.1, 0.15) is 39.3 Å². The van der Waals surface area contributed by atoms with Crippen molar-refractivity contribution in [3.05, 3.63) is 77.8 Å². The van der Waals surface area contributed by atoms with Crippen molar-refractivity contribution in [2.24, 2.45) is 7.05 Å². The number of likely N-dealkylation sites (tertiary alicyclic amines) is 1. The van der Waals surface area contributed by atoms with Crippen LogP contribution in [0, 0.1) is 5.82 Å². The summed E-state index contributed by atoms with van der Waals surface area (Å²) in [7, 11) is 3.60. The summed E-state index contributed by atoms with van der Waals surface area (Å²) in [5.74, 6) is -1.10. The number of aromatic nitrogens is 4. The molecule has 0 spiro atoms. The molecule has 9 nitrogen and oxygen atoms in total. The second kappa shape index (κ2) is 11.2. The molecule has 198 valence electrons. The fourth-order valence-electron chi connectivity index (χ4n) is 5.08. The van der Waals surface area contributed by atoms with Crippen LogP contribution in [-0.4, -0.2) is 70.5 Å². The molecule has 4 heterocycles. The highest BCUT2D eigenvalue weighted by Crippen LogP contribution is 2.21. The number of carbonyl (C=O) groups excluding carboxylic acids is 2. The normalized spacial score (nSPS) is 15.8. The molecule has 0 unspecified atom stereocenters. The number of aromatic amines is 1. The molecule has 1 aliphatic heterocycles. The van der Waals surface area contributed by atoms with Crippen molar-refractivity contribution in [3.63, 3.8) is 0 Å². The van der Waals surface area contributed by atoms with Crippen molar-refractivity contribution >= 4 is 17.3 Å². The molecule has 38 heavy (non-hydrogen) atoms. The summed E-state index contributed by atoms with van der Waals surface area (Å²) in [5, 5.41) is 5.99. The Hall–Kier alpha value is -3.89. The predicted octanol–water partition coefficient (Wildman–Crippen LogP) is 2.56. The third kappa shape index (κ3) is 5.51. The molecule has 0 aliphatic carbocycles. The Bertz CT molecular complexity index is 1460. The first-order valence-electron chi connectivity index (χ1n) is 12.8. The molecule has 1 fully saturated rings. The van der Waals surface area contributed by atoms with Crippen LogP contribution in [-0.2, 0) is 18.2 Å². The van der Waals surface area contributed by atoms with Gasteiger partial charge < -0.3 is 10.1 Å². The Labute approximate surface area is 220 Å². The van der Waals surface area contributed by atoms with Crippen LogP contribution in [0.3, 0.4) is 0 Å². The molecule has 1 aliphatic rings. The van der Waals surface area contributed by atoms with Crippen LogP contribution in [0.15, 0.2) is 55.1 Å². The van der Waals surface area contributed by atoms with Gasteiger partial charge in [-0.1, -0.05) is 0 Å². The average molecular weight is 520 g/mol. The van der Waals surface area contributed by atoms with Gasteiger partial charge in [0, 0.05) is 44.4 Å². The van der Waals surface area contributed by atoms with Gasteiger partial charge in [-0.15, -0.1) is 4.68 Å². The Morgan fingerprint density at radius 1 is 1.26 bits per heavy atom. The second-order valence-electron chi connectivity index (χ2n) is 9.71. The largest absolute Gasteiger partial charge is 0.383 e. The van der Waals surface area contributed by atoms with Crippen molar-refractivity contribution in [2.75, 3.05) is 33.4 Å². The minimum absolute atomic E-state index is 0.175. The first kappa shape index (κ1) is 25.7. The van der Waals surface area contributed by atoms with E-state index in [-0.39, 0.29) is 23.7 Å². The molecular formula is C28H32FN6O3+. The molecule has 0 radical (unpaired) electrons. The van der Waals surface area contributed by atoms with E-state index in [9.17, 15) is 14.0 Å². The Kier molecular flexibility index (Phi) is 7.62. The number of amides is 1.